The molecule has 1 aliphatic carbocycles. The van der Waals surface area contributed by atoms with Gasteiger partial charge >= 0.3 is 5.97 Å². The van der Waals surface area contributed by atoms with E-state index in [0.29, 0.717) is 5.92 Å². The third-order valence-corrected chi connectivity index (χ3v) is 3.53. The van der Waals surface area contributed by atoms with Crippen molar-refractivity contribution in [1.82, 2.24) is 0 Å². The lowest BCUT2D eigenvalue weighted by Crippen LogP contribution is -2.24. The number of allylic oxidation sites excluding steroid dienone is 1. The fraction of sp³-hybridized carbons (Fsp3) is 0.727. The quantitative estimate of drug-likeness (QED) is 0.681. The summed E-state index contributed by atoms with van der Waals surface area (Å²) in [5.41, 5.74) is 0.0395. The summed E-state index contributed by atoms with van der Waals surface area (Å²) < 4.78 is 0. The van der Waals surface area contributed by atoms with Crippen LogP contribution in [-0.4, -0.2) is 11.1 Å². The van der Waals surface area contributed by atoms with Crippen LogP contribution >= 0.6 is 0 Å². The molecule has 0 aromatic heterocycles. The average molecular weight is 182 g/mol. The number of carbonyl (C=O) groups is 1. The summed E-state index contributed by atoms with van der Waals surface area (Å²) >= 11 is 0. The van der Waals surface area contributed by atoms with Crippen LogP contribution in [0.4, 0.5) is 0 Å². The molecule has 1 N–H and O–H groups in total. The monoisotopic (exact) mass is 182 g/mol. The highest BCUT2D eigenvalue weighted by molar-refractivity contribution is 5.67. The van der Waals surface area contributed by atoms with Gasteiger partial charge in [0.05, 0.1) is 0 Å². The molecule has 0 aliphatic heterocycles. The lowest BCUT2D eigenvalue weighted by atomic mass is 9.76. The van der Waals surface area contributed by atoms with Gasteiger partial charge in [-0.25, -0.2) is 0 Å². The zero-order valence-corrected chi connectivity index (χ0v) is 8.42. The van der Waals surface area contributed by atoms with E-state index < -0.39 is 5.97 Å². The van der Waals surface area contributed by atoms with Crippen LogP contribution in [-0.2, 0) is 4.79 Å². The van der Waals surface area contributed by atoms with Gasteiger partial charge in [0.15, 0.2) is 0 Å². The predicted molar refractivity (Wildman–Crippen MR) is 52.4 cm³/mol. The Kier molecular flexibility index (Phi) is 2.79. The molecule has 0 aromatic carbocycles. The maximum Gasteiger partial charge on any atom is 0.303 e. The van der Waals surface area contributed by atoms with Crippen molar-refractivity contribution in [3.8, 4) is 0 Å². The summed E-state index contributed by atoms with van der Waals surface area (Å²) in [5.74, 6) is 0.0911. The fourth-order valence-electron chi connectivity index (χ4n) is 2.45. The molecule has 3 atom stereocenters. The van der Waals surface area contributed by atoms with E-state index in [9.17, 15) is 4.79 Å². The molecule has 0 radical (unpaired) electrons. The largest absolute Gasteiger partial charge is 0.481 e. The van der Waals surface area contributed by atoms with Crippen LogP contribution in [0.5, 0.6) is 0 Å². The van der Waals surface area contributed by atoms with Crippen molar-refractivity contribution >= 4 is 5.97 Å². The molecule has 0 heterocycles. The van der Waals surface area contributed by atoms with Crippen molar-refractivity contribution in [2.45, 2.75) is 33.1 Å². The summed E-state index contributed by atoms with van der Waals surface area (Å²) in [7, 11) is 0. The predicted octanol–water partition coefficient (Wildman–Crippen LogP) is 2.70. The van der Waals surface area contributed by atoms with Gasteiger partial charge < -0.3 is 5.11 Å². The molecule has 74 valence electrons. The molecule has 2 nitrogen and oxygen atoms in total. The van der Waals surface area contributed by atoms with E-state index in [1.807, 2.05) is 6.08 Å². The number of hydrogen-bond donors (Lipinski definition) is 1. The molecule has 1 aliphatic rings. The van der Waals surface area contributed by atoms with Gasteiger partial charge in [-0.05, 0) is 30.1 Å². The highest BCUT2D eigenvalue weighted by Crippen LogP contribution is 2.48. The highest BCUT2D eigenvalue weighted by Gasteiger charge is 2.41. The van der Waals surface area contributed by atoms with E-state index in [2.05, 4.69) is 20.4 Å². The van der Waals surface area contributed by atoms with Crippen LogP contribution in [0.15, 0.2) is 12.7 Å². The van der Waals surface area contributed by atoms with Crippen LogP contribution in [0.3, 0.4) is 0 Å². The number of aliphatic carboxylic acids is 1. The first-order valence-corrected chi connectivity index (χ1v) is 4.85. The molecule has 13 heavy (non-hydrogen) atoms. The molecule has 0 bridgehead atoms. The molecule has 0 saturated heterocycles. The first-order valence-electron chi connectivity index (χ1n) is 4.85. The lowest BCUT2D eigenvalue weighted by Gasteiger charge is -2.28. The van der Waals surface area contributed by atoms with Gasteiger partial charge in [-0.1, -0.05) is 19.9 Å². The molecule has 1 fully saturated rings. The van der Waals surface area contributed by atoms with E-state index in [-0.39, 0.29) is 17.8 Å². The maximum atomic E-state index is 10.7. The second kappa shape index (κ2) is 3.52. The number of rotatable bonds is 3. The maximum absolute atomic E-state index is 10.7. The van der Waals surface area contributed by atoms with Crippen molar-refractivity contribution < 1.29 is 9.90 Å². The SMILES string of the molecule is C=CC1(C)CCC(C)C1CC(=O)O. The summed E-state index contributed by atoms with van der Waals surface area (Å²) in [6.45, 7) is 8.08. The molecular formula is C11H18O2. The van der Waals surface area contributed by atoms with E-state index in [1.165, 1.54) is 0 Å². The van der Waals surface area contributed by atoms with Crippen molar-refractivity contribution in [2.24, 2.45) is 17.3 Å². The van der Waals surface area contributed by atoms with E-state index in [0.717, 1.165) is 12.8 Å². The van der Waals surface area contributed by atoms with Gasteiger partial charge in [0, 0.05) is 6.42 Å². The molecule has 1 rings (SSSR count). The molecule has 0 spiro atoms. The molecule has 2 heteroatoms. The zero-order chi connectivity index (χ0) is 10.1. The van der Waals surface area contributed by atoms with Gasteiger partial charge in [0.2, 0.25) is 0 Å². The minimum absolute atomic E-state index is 0.0395. The van der Waals surface area contributed by atoms with Crippen molar-refractivity contribution in [3.05, 3.63) is 12.7 Å². The van der Waals surface area contributed by atoms with Gasteiger partial charge in [0.1, 0.15) is 0 Å². The van der Waals surface area contributed by atoms with Gasteiger partial charge in [-0.2, -0.15) is 0 Å². The first kappa shape index (κ1) is 10.3. The zero-order valence-electron chi connectivity index (χ0n) is 8.42. The molecule has 0 amide bonds. The number of carboxylic acid groups (broad SMARTS) is 1. The van der Waals surface area contributed by atoms with Crippen molar-refractivity contribution in [1.29, 1.82) is 0 Å². The Morgan fingerprint density at radius 2 is 2.38 bits per heavy atom. The molecule has 0 aromatic rings. The summed E-state index contributed by atoms with van der Waals surface area (Å²) in [4.78, 5) is 10.7. The van der Waals surface area contributed by atoms with E-state index >= 15 is 0 Å². The minimum atomic E-state index is -0.688. The molecule has 1 saturated carbocycles. The van der Waals surface area contributed by atoms with Crippen molar-refractivity contribution in [2.75, 3.05) is 0 Å². The Bertz CT molecular complexity index is 222. The summed E-state index contributed by atoms with van der Waals surface area (Å²) in [6.07, 6.45) is 4.42. The fourth-order valence-corrected chi connectivity index (χ4v) is 2.45. The normalized spacial score (nSPS) is 38.9. The Balaban J connectivity index is 2.76. The average Bonchev–Trinajstić information content (AvgIpc) is 2.33. The van der Waals surface area contributed by atoms with E-state index in [4.69, 9.17) is 5.11 Å². The highest BCUT2D eigenvalue weighted by atomic mass is 16.4. The standard InChI is InChI=1S/C11H18O2/c1-4-11(3)6-5-8(2)9(11)7-10(12)13/h4,8-9H,1,5-7H2,2-3H3,(H,12,13). The van der Waals surface area contributed by atoms with Gasteiger partial charge in [0.25, 0.3) is 0 Å². The summed E-state index contributed by atoms with van der Waals surface area (Å²) in [5, 5.41) is 8.79. The van der Waals surface area contributed by atoms with Crippen LogP contribution in [0.1, 0.15) is 33.1 Å². The topological polar surface area (TPSA) is 37.3 Å². The third kappa shape index (κ3) is 1.93. The smallest absolute Gasteiger partial charge is 0.303 e. The van der Waals surface area contributed by atoms with Gasteiger partial charge in [-0.15, -0.1) is 6.58 Å². The first-order chi connectivity index (χ1) is 5.99. The summed E-state index contributed by atoms with van der Waals surface area (Å²) in [6, 6.07) is 0. The Labute approximate surface area is 79.6 Å². The second-order valence-corrected chi connectivity index (χ2v) is 4.43. The van der Waals surface area contributed by atoms with Crippen LogP contribution in [0, 0.1) is 17.3 Å². The Hall–Kier alpha value is -0.790. The molecule has 3 unspecified atom stereocenters. The van der Waals surface area contributed by atoms with Crippen molar-refractivity contribution in [3.63, 3.8) is 0 Å². The number of carboxylic acids is 1. The van der Waals surface area contributed by atoms with Crippen LogP contribution in [0.25, 0.3) is 0 Å². The van der Waals surface area contributed by atoms with Gasteiger partial charge in [-0.3, -0.25) is 4.79 Å². The Morgan fingerprint density at radius 3 is 2.85 bits per heavy atom. The minimum Gasteiger partial charge on any atom is -0.481 e. The van der Waals surface area contributed by atoms with Crippen LogP contribution in [0.2, 0.25) is 0 Å². The van der Waals surface area contributed by atoms with Crippen LogP contribution < -0.4 is 0 Å². The number of hydrogen-bond acceptors (Lipinski definition) is 1. The lowest BCUT2D eigenvalue weighted by molar-refractivity contribution is -0.139. The Morgan fingerprint density at radius 1 is 1.77 bits per heavy atom. The molecular weight excluding hydrogens is 164 g/mol. The third-order valence-electron chi connectivity index (χ3n) is 3.53. The second-order valence-electron chi connectivity index (χ2n) is 4.43. The van der Waals surface area contributed by atoms with E-state index in [1.54, 1.807) is 0 Å².